The van der Waals surface area contributed by atoms with Crippen molar-refractivity contribution in [2.75, 3.05) is 6.61 Å². The molecule has 1 heterocycles. The lowest BCUT2D eigenvalue weighted by molar-refractivity contribution is 0.177. The van der Waals surface area contributed by atoms with Crippen LogP contribution in [0.2, 0.25) is 33.7 Å². The van der Waals surface area contributed by atoms with Crippen LogP contribution in [0.15, 0.2) is 0 Å². The molecule has 0 radical (unpaired) electrons. The van der Waals surface area contributed by atoms with Crippen LogP contribution in [-0.2, 0) is 8.85 Å². The van der Waals surface area contributed by atoms with Crippen LogP contribution in [0.4, 0.5) is 0 Å². The van der Waals surface area contributed by atoms with Gasteiger partial charge in [-0.25, -0.2) is 0 Å². The first-order chi connectivity index (χ1) is 11.5. The fraction of sp³-hybridized carbons (Fsp3) is 1.00. The molecule has 2 aliphatic rings. The molecule has 1 aliphatic heterocycles. The van der Waals surface area contributed by atoms with Gasteiger partial charge in [-0.2, -0.15) is 0 Å². The van der Waals surface area contributed by atoms with Crippen molar-refractivity contribution in [1.29, 1.82) is 0 Å². The highest BCUT2D eigenvalue weighted by molar-refractivity contribution is 6.81. The summed E-state index contributed by atoms with van der Waals surface area (Å²) in [6, 6.07) is 3.75. The first-order valence-electron chi connectivity index (χ1n) is 10.8. The zero-order valence-electron chi connectivity index (χ0n) is 18.5. The van der Waals surface area contributed by atoms with Crippen molar-refractivity contribution in [1.82, 2.24) is 0 Å². The van der Waals surface area contributed by atoms with Gasteiger partial charge in [-0.05, 0) is 47.0 Å². The maximum absolute atomic E-state index is 7.15. The first kappa shape index (κ1) is 21.7. The van der Waals surface area contributed by atoms with Gasteiger partial charge < -0.3 is 8.85 Å². The zero-order valence-corrected chi connectivity index (χ0v) is 20.5. The first-order valence-corrected chi connectivity index (χ1v) is 15.3. The number of fused-ring (bicyclic) bond motifs is 1. The van der Waals surface area contributed by atoms with Crippen molar-refractivity contribution in [3.8, 4) is 0 Å². The van der Waals surface area contributed by atoms with Gasteiger partial charge in [0.2, 0.25) is 8.32 Å². The van der Waals surface area contributed by atoms with Crippen LogP contribution >= 0.6 is 0 Å². The summed E-state index contributed by atoms with van der Waals surface area (Å²) in [4.78, 5) is 0. The second-order valence-electron chi connectivity index (χ2n) is 10.6. The summed E-state index contributed by atoms with van der Waals surface area (Å²) in [6.45, 7) is 22.7. The Morgan fingerprint density at radius 1 is 0.920 bits per heavy atom. The fourth-order valence-corrected chi connectivity index (χ4v) is 16.6. The zero-order chi connectivity index (χ0) is 19.1. The minimum atomic E-state index is -2.00. The lowest BCUT2D eigenvalue weighted by atomic mass is 10.0. The Kier molecular flexibility index (Phi) is 6.41. The van der Waals surface area contributed by atoms with Crippen LogP contribution in [0, 0.1) is 5.92 Å². The number of rotatable bonds is 6. The summed E-state index contributed by atoms with van der Waals surface area (Å²) in [6.07, 6.45) is 4.50. The van der Waals surface area contributed by atoms with Crippen molar-refractivity contribution >= 4 is 16.6 Å². The molecule has 1 saturated carbocycles. The molecule has 0 aromatic heterocycles. The second kappa shape index (κ2) is 7.40. The molecule has 2 fully saturated rings. The van der Waals surface area contributed by atoms with Crippen LogP contribution in [-0.4, -0.2) is 29.3 Å². The lowest BCUT2D eigenvalue weighted by Crippen LogP contribution is -2.57. The topological polar surface area (TPSA) is 18.5 Å². The van der Waals surface area contributed by atoms with Crippen LogP contribution in [0.25, 0.3) is 0 Å². The van der Waals surface area contributed by atoms with E-state index in [2.05, 4.69) is 62.3 Å². The maximum atomic E-state index is 7.15. The Morgan fingerprint density at radius 3 is 1.88 bits per heavy atom. The molecule has 3 atom stereocenters. The predicted octanol–water partition coefficient (Wildman–Crippen LogP) is 7.12. The van der Waals surface area contributed by atoms with Crippen LogP contribution < -0.4 is 0 Å². The second-order valence-corrected chi connectivity index (χ2v) is 20.9. The molecule has 25 heavy (non-hydrogen) atoms. The highest BCUT2D eigenvalue weighted by atomic mass is 28.4. The third-order valence-corrected chi connectivity index (χ3v) is 19.0. The molecular formula is C21H44O2Si2. The molecule has 2 rings (SSSR count). The summed E-state index contributed by atoms with van der Waals surface area (Å²) in [5.74, 6) is 0.752. The summed E-state index contributed by atoms with van der Waals surface area (Å²) in [5, 5.41) is 0.497. The molecular weight excluding hydrogens is 340 g/mol. The monoisotopic (exact) mass is 384 g/mol. The Hall–Kier alpha value is 0.354. The molecule has 2 nitrogen and oxygen atoms in total. The molecule has 1 saturated heterocycles. The molecule has 148 valence electrons. The van der Waals surface area contributed by atoms with Gasteiger partial charge in [0.05, 0.1) is 0 Å². The molecule has 1 aliphatic carbocycles. The number of hydrogen-bond acceptors (Lipinski definition) is 2. The summed E-state index contributed by atoms with van der Waals surface area (Å²) >= 11 is 0. The van der Waals surface area contributed by atoms with E-state index in [1.807, 2.05) is 0 Å². The van der Waals surface area contributed by atoms with Crippen molar-refractivity contribution in [2.45, 2.75) is 121 Å². The van der Waals surface area contributed by atoms with Crippen molar-refractivity contribution in [2.24, 2.45) is 5.92 Å². The summed E-state index contributed by atoms with van der Waals surface area (Å²) in [5.41, 5.74) is 0.663. The molecule has 4 heteroatoms. The van der Waals surface area contributed by atoms with E-state index >= 15 is 0 Å². The quantitative estimate of drug-likeness (QED) is 0.454. The van der Waals surface area contributed by atoms with Crippen molar-refractivity contribution in [3.05, 3.63) is 0 Å². The Labute approximate surface area is 159 Å². The van der Waals surface area contributed by atoms with E-state index in [0.717, 1.165) is 12.5 Å². The van der Waals surface area contributed by atoms with Crippen molar-refractivity contribution in [3.63, 3.8) is 0 Å². The summed E-state index contributed by atoms with van der Waals surface area (Å²) in [7, 11) is -3.54. The average molecular weight is 385 g/mol. The van der Waals surface area contributed by atoms with Gasteiger partial charge in [0.15, 0.2) is 8.32 Å². The van der Waals surface area contributed by atoms with E-state index in [-0.39, 0.29) is 10.1 Å². The number of hydrogen-bond donors (Lipinski definition) is 0. The van der Waals surface area contributed by atoms with Gasteiger partial charge in [-0.3, -0.25) is 0 Å². The van der Waals surface area contributed by atoms with E-state index < -0.39 is 16.6 Å². The fourth-order valence-electron chi connectivity index (χ4n) is 6.34. The molecule has 0 spiro atoms. The van der Waals surface area contributed by atoms with Crippen LogP contribution in [0.1, 0.15) is 81.6 Å². The Balaban J connectivity index is 2.38. The highest BCUT2D eigenvalue weighted by Gasteiger charge is 2.68. The Morgan fingerprint density at radius 2 is 1.44 bits per heavy atom. The summed E-state index contributed by atoms with van der Waals surface area (Å²) < 4.78 is 14.1. The standard InChI is InChI=1S/C21H44O2Si2/c1-10-24(11-2,12-3)22-16-19-17-14-13-15-18(17)23-25(19,20(4,5)6)21(7,8)9/h17-19H,10-16H2,1-9H3/t17-,18+,19-/m0/s1. The van der Waals surface area contributed by atoms with E-state index in [9.17, 15) is 0 Å². The smallest absolute Gasteiger partial charge is 0.209 e. The van der Waals surface area contributed by atoms with Gasteiger partial charge in [-0.15, -0.1) is 0 Å². The van der Waals surface area contributed by atoms with E-state index in [1.54, 1.807) is 0 Å². The molecule has 0 aromatic rings. The normalized spacial score (nSPS) is 29.9. The van der Waals surface area contributed by atoms with Gasteiger partial charge in [0, 0.05) is 18.3 Å². The SMILES string of the molecule is CC[Si](CC)(CC)OC[C@H]1[C@H]2CCC[C@H]2O[Si]1(C(C)(C)C)C(C)(C)C. The molecule has 0 aromatic carbocycles. The van der Waals surface area contributed by atoms with Gasteiger partial charge >= 0.3 is 0 Å². The maximum Gasteiger partial charge on any atom is 0.209 e. The van der Waals surface area contributed by atoms with Crippen molar-refractivity contribution < 1.29 is 8.85 Å². The minimum absolute atomic E-state index is 0.248. The highest BCUT2D eigenvalue weighted by Crippen LogP contribution is 2.66. The van der Waals surface area contributed by atoms with Crippen LogP contribution in [0.5, 0.6) is 0 Å². The van der Waals surface area contributed by atoms with Crippen LogP contribution in [0.3, 0.4) is 0 Å². The molecule has 0 amide bonds. The Bertz CT molecular complexity index is 424. The van der Waals surface area contributed by atoms with Gasteiger partial charge in [-0.1, -0.05) is 68.7 Å². The lowest BCUT2D eigenvalue weighted by Gasteiger charge is -2.52. The van der Waals surface area contributed by atoms with E-state index in [0.29, 0.717) is 11.6 Å². The van der Waals surface area contributed by atoms with Gasteiger partial charge in [0.1, 0.15) is 0 Å². The third kappa shape index (κ3) is 3.57. The molecule has 0 unspecified atom stereocenters. The van der Waals surface area contributed by atoms with Gasteiger partial charge in [0.25, 0.3) is 0 Å². The van der Waals surface area contributed by atoms with E-state index in [4.69, 9.17) is 8.85 Å². The predicted molar refractivity (Wildman–Crippen MR) is 114 cm³/mol. The molecule has 0 N–H and O–H groups in total. The molecule has 0 bridgehead atoms. The average Bonchev–Trinajstić information content (AvgIpc) is 3.07. The third-order valence-electron chi connectivity index (χ3n) is 7.61. The minimum Gasteiger partial charge on any atom is -0.417 e. The van der Waals surface area contributed by atoms with E-state index in [1.165, 1.54) is 37.4 Å². The largest absolute Gasteiger partial charge is 0.417 e.